The van der Waals surface area contributed by atoms with Crippen LogP contribution >= 0.6 is 0 Å². The second-order valence-electron chi connectivity index (χ2n) is 5.58. The molecule has 0 aliphatic heterocycles. The molecule has 1 aromatic carbocycles. The van der Waals surface area contributed by atoms with E-state index >= 15 is 0 Å². The number of nitro benzene ring substituents is 1. The molecule has 0 saturated heterocycles. The van der Waals surface area contributed by atoms with Crippen LogP contribution in [-0.4, -0.2) is 22.5 Å². The Labute approximate surface area is 122 Å². The highest BCUT2D eigenvalue weighted by Crippen LogP contribution is 2.21. The monoisotopic (exact) mass is 294 g/mol. The summed E-state index contributed by atoms with van der Waals surface area (Å²) in [6, 6.07) is 5.04. The number of benzene rings is 1. The van der Waals surface area contributed by atoms with Gasteiger partial charge >= 0.3 is 5.97 Å². The Morgan fingerprint density at radius 2 is 2.00 bits per heavy atom. The van der Waals surface area contributed by atoms with Gasteiger partial charge in [0.05, 0.1) is 4.92 Å². The maximum absolute atomic E-state index is 11.8. The Balaban J connectivity index is 2.74. The summed E-state index contributed by atoms with van der Waals surface area (Å²) in [5.74, 6) is -0.712. The van der Waals surface area contributed by atoms with Gasteiger partial charge in [-0.2, -0.15) is 0 Å². The van der Waals surface area contributed by atoms with E-state index < -0.39 is 22.5 Å². The summed E-state index contributed by atoms with van der Waals surface area (Å²) in [7, 11) is 0. The highest BCUT2D eigenvalue weighted by molar-refractivity contribution is 5.76. The van der Waals surface area contributed by atoms with Crippen LogP contribution in [-0.2, 0) is 16.0 Å². The van der Waals surface area contributed by atoms with Gasteiger partial charge in [0.1, 0.15) is 5.60 Å². The zero-order valence-corrected chi connectivity index (χ0v) is 12.2. The molecule has 0 bridgehead atoms. The van der Waals surface area contributed by atoms with E-state index in [1.807, 2.05) is 0 Å². The van der Waals surface area contributed by atoms with Gasteiger partial charge in [-0.15, -0.1) is 4.91 Å². The highest BCUT2D eigenvalue weighted by Gasteiger charge is 2.26. The number of nitroso groups, excluding NO2 is 1. The highest BCUT2D eigenvalue weighted by atomic mass is 16.6. The lowest BCUT2D eigenvalue weighted by atomic mass is 10.0. The summed E-state index contributed by atoms with van der Waals surface area (Å²) in [5, 5.41) is 13.7. The number of carbonyl (C=O) groups excluding carboxylic acids is 1. The summed E-state index contributed by atoms with van der Waals surface area (Å²) >= 11 is 0. The van der Waals surface area contributed by atoms with Gasteiger partial charge in [-0.1, -0.05) is 23.4 Å². The molecular formula is C14H18N2O5. The number of carbonyl (C=O) groups is 1. The maximum Gasteiger partial charge on any atom is 0.335 e. The standard InChI is InChI=1S/C14H18N2O5/c1-14(2,3)21-13(17)11(15-18)9-8-10-6-4-5-7-12(10)16(19)20/h4-7,11H,8-9H2,1-3H3. The van der Waals surface area contributed by atoms with Crippen LogP contribution in [0.1, 0.15) is 32.8 Å². The van der Waals surface area contributed by atoms with Crippen LogP contribution in [0.3, 0.4) is 0 Å². The van der Waals surface area contributed by atoms with E-state index in [0.717, 1.165) is 0 Å². The molecule has 0 aliphatic rings. The van der Waals surface area contributed by atoms with Crippen LogP contribution in [0.4, 0.5) is 5.69 Å². The van der Waals surface area contributed by atoms with Crippen molar-refractivity contribution in [2.24, 2.45) is 5.18 Å². The van der Waals surface area contributed by atoms with E-state index in [2.05, 4.69) is 5.18 Å². The fraction of sp³-hybridized carbons (Fsp3) is 0.500. The molecule has 0 aromatic heterocycles. The van der Waals surface area contributed by atoms with Crippen LogP contribution in [0.25, 0.3) is 0 Å². The van der Waals surface area contributed by atoms with Crippen molar-refractivity contribution in [2.45, 2.75) is 45.3 Å². The van der Waals surface area contributed by atoms with Gasteiger partial charge in [0, 0.05) is 11.6 Å². The summed E-state index contributed by atoms with van der Waals surface area (Å²) in [5.41, 5.74) is -0.287. The van der Waals surface area contributed by atoms with Crippen LogP contribution in [0.5, 0.6) is 0 Å². The largest absolute Gasteiger partial charge is 0.458 e. The predicted octanol–water partition coefficient (Wildman–Crippen LogP) is 3.00. The molecule has 0 radical (unpaired) electrons. The molecule has 1 aromatic rings. The molecule has 7 heteroatoms. The van der Waals surface area contributed by atoms with E-state index in [1.165, 1.54) is 6.07 Å². The van der Waals surface area contributed by atoms with Crippen molar-refractivity contribution in [2.75, 3.05) is 0 Å². The Bertz CT molecular complexity index is 536. The molecule has 0 aliphatic carbocycles. The fourth-order valence-electron chi connectivity index (χ4n) is 1.78. The number of hydrogen-bond donors (Lipinski definition) is 0. The quantitative estimate of drug-likeness (QED) is 0.347. The Kier molecular flexibility index (Phi) is 5.52. The van der Waals surface area contributed by atoms with Gasteiger partial charge < -0.3 is 4.74 Å². The van der Waals surface area contributed by atoms with Gasteiger partial charge in [0.25, 0.3) is 5.69 Å². The first-order chi connectivity index (χ1) is 9.74. The smallest absolute Gasteiger partial charge is 0.335 e. The molecule has 0 saturated carbocycles. The van der Waals surface area contributed by atoms with E-state index in [-0.39, 0.29) is 18.5 Å². The third-order valence-corrected chi connectivity index (χ3v) is 2.68. The first-order valence-corrected chi connectivity index (χ1v) is 6.52. The molecule has 7 nitrogen and oxygen atoms in total. The lowest BCUT2D eigenvalue weighted by molar-refractivity contribution is -0.385. The maximum atomic E-state index is 11.8. The van der Waals surface area contributed by atoms with Crippen LogP contribution < -0.4 is 0 Å². The number of hydrogen-bond acceptors (Lipinski definition) is 6. The van der Waals surface area contributed by atoms with Gasteiger partial charge in [-0.25, -0.2) is 4.79 Å². The number of nitrogens with zero attached hydrogens (tertiary/aromatic N) is 2. The second kappa shape index (κ2) is 6.92. The zero-order chi connectivity index (χ0) is 16.0. The third kappa shape index (κ3) is 5.29. The van der Waals surface area contributed by atoms with Crippen LogP contribution in [0, 0.1) is 15.0 Å². The van der Waals surface area contributed by atoms with Gasteiger partial charge in [-0.05, 0) is 33.6 Å². The second-order valence-corrected chi connectivity index (χ2v) is 5.58. The molecular weight excluding hydrogens is 276 g/mol. The zero-order valence-electron chi connectivity index (χ0n) is 12.2. The van der Waals surface area contributed by atoms with Crippen molar-refractivity contribution in [3.8, 4) is 0 Å². The SMILES string of the molecule is CC(C)(C)OC(=O)C(CCc1ccccc1[N+](=O)[O-])N=O. The van der Waals surface area contributed by atoms with E-state index in [1.54, 1.807) is 39.0 Å². The number of rotatable bonds is 6. The Morgan fingerprint density at radius 3 is 2.52 bits per heavy atom. The average molecular weight is 294 g/mol. The summed E-state index contributed by atoms with van der Waals surface area (Å²) < 4.78 is 5.09. The molecule has 0 spiro atoms. The number of ether oxygens (including phenoxy) is 1. The summed E-state index contributed by atoms with van der Waals surface area (Å²) in [6.45, 7) is 5.07. The minimum absolute atomic E-state index is 0.0358. The minimum Gasteiger partial charge on any atom is -0.458 e. The Hall–Kier alpha value is -2.31. The summed E-state index contributed by atoms with van der Waals surface area (Å²) in [6.07, 6.45) is 0.274. The molecule has 0 heterocycles. The Morgan fingerprint density at radius 1 is 1.38 bits per heavy atom. The predicted molar refractivity (Wildman–Crippen MR) is 76.8 cm³/mol. The molecule has 0 N–H and O–H groups in total. The van der Waals surface area contributed by atoms with Crippen LogP contribution in [0.2, 0.25) is 0 Å². The van der Waals surface area contributed by atoms with Crippen molar-refractivity contribution in [1.29, 1.82) is 0 Å². The fourth-order valence-corrected chi connectivity index (χ4v) is 1.78. The van der Waals surface area contributed by atoms with Crippen molar-refractivity contribution in [3.05, 3.63) is 44.9 Å². The third-order valence-electron chi connectivity index (χ3n) is 2.68. The number of aryl methyl sites for hydroxylation is 1. The van der Waals surface area contributed by atoms with Crippen molar-refractivity contribution in [3.63, 3.8) is 0 Å². The summed E-state index contributed by atoms with van der Waals surface area (Å²) in [4.78, 5) is 33.0. The normalized spacial score (nSPS) is 12.5. The van der Waals surface area contributed by atoms with Gasteiger partial charge in [-0.3, -0.25) is 10.1 Å². The topological polar surface area (TPSA) is 98.9 Å². The number of nitro groups is 1. The van der Waals surface area contributed by atoms with Gasteiger partial charge in [0.2, 0.25) is 0 Å². The molecule has 1 atom stereocenters. The molecule has 1 rings (SSSR count). The van der Waals surface area contributed by atoms with Crippen molar-refractivity contribution >= 4 is 11.7 Å². The minimum atomic E-state index is -1.16. The number of esters is 1. The molecule has 1 unspecified atom stereocenters. The van der Waals surface area contributed by atoms with Crippen LogP contribution in [0.15, 0.2) is 29.4 Å². The first kappa shape index (κ1) is 16.7. The van der Waals surface area contributed by atoms with E-state index in [9.17, 15) is 19.8 Å². The average Bonchev–Trinajstić information content (AvgIpc) is 2.37. The van der Waals surface area contributed by atoms with E-state index in [4.69, 9.17) is 4.74 Å². The molecule has 0 amide bonds. The molecule has 0 fully saturated rings. The lowest BCUT2D eigenvalue weighted by Crippen LogP contribution is -2.31. The van der Waals surface area contributed by atoms with Crippen molar-refractivity contribution in [1.82, 2.24) is 0 Å². The number of para-hydroxylation sites is 1. The molecule has 114 valence electrons. The molecule has 21 heavy (non-hydrogen) atoms. The van der Waals surface area contributed by atoms with Crippen molar-refractivity contribution < 1.29 is 14.5 Å². The van der Waals surface area contributed by atoms with Gasteiger partial charge in [0.15, 0.2) is 6.04 Å². The van der Waals surface area contributed by atoms with E-state index in [0.29, 0.717) is 5.56 Å². The lowest BCUT2D eigenvalue weighted by Gasteiger charge is -2.21. The first-order valence-electron chi connectivity index (χ1n) is 6.52.